The third kappa shape index (κ3) is 3.80. The molecular weight excluding hydrogens is 379 g/mol. The highest BCUT2D eigenvalue weighted by molar-refractivity contribution is 6.33. The van der Waals surface area contributed by atoms with Crippen molar-refractivity contribution in [2.75, 3.05) is 24.3 Å². The molecule has 1 amide bonds. The number of amides is 1. The van der Waals surface area contributed by atoms with Gasteiger partial charge in [0.1, 0.15) is 0 Å². The molecule has 3 aromatic rings. The van der Waals surface area contributed by atoms with Gasteiger partial charge in [-0.25, -0.2) is 9.87 Å². The number of nitrogens with two attached hydrogens (primary N) is 1. The van der Waals surface area contributed by atoms with Crippen molar-refractivity contribution in [3.05, 3.63) is 46.2 Å². The standard InChI is InChI=1S/C17H16ClFN4O4/c1-8-2-3-12(11(18)6-8)21-14-9(17(25)23-26-5-4-24)7-10-15(13(14)19)27-22-16(10)20/h2-3,6-7,21,24H,4-5H2,1H3,(H2,20,22)(H,23,25). The first-order valence-corrected chi connectivity index (χ1v) is 8.23. The van der Waals surface area contributed by atoms with Crippen LogP contribution in [0, 0.1) is 12.7 Å². The van der Waals surface area contributed by atoms with Gasteiger partial charge in [-0.15, -0.1) is 0 Å². The van der Waals surface area contributed by atoms with Gasteiger partial charge in [0.2, 0.25) is 5.58 Å². The molecule has 5 N–H and O–H groups in total. The molecule has 0 saturated heterocycles. The molecule has 2 aromatic carbocycles. The van der Waals surface area contributed by atoms with E-state index in [0.29, 0.717) is 10.7 Å². The van der Waals surface area contributed by atoms with Gasteiger partial charge in [0.15, 0.2) is 11.6 Å². The van der Waals surface area contributed by atoms with Crippen LogP contribution in [0.3, 0.4) is 0 Å². The molecule has 8 nitrogen and oxygen atoms in total. The molecule has 0 aliphatic rings. The normalized spacial score (nSPS) is 11.0. The molecule has 0 saturated carbocycles. The van der Waals surface area contributed by atoms with Crippen LogP contribution in [0.15, 0.2) is 28.8 Å². The Labute approximate surface area is 158 Å². The van der Waals surface area contributed by atoms with Crippen molar-refractivity contribution in [2.45, 2.75) is 6.92 Å². The van der Waals surface area contributed by atoms with E-state index < -0.39 is 11.7 Å². The van der Waals surface area contributed by atoms with Crippen LogP contribution in [0.5, 0.6) is 0 Å². The number of aliphatic hydroxyl groups excluding tert-OH is 1. The number of aliphatic hydroxyl groups is 1. The molecule has 1 heterocycles. The van der Waals surface area contributed by atoms with Crippen LogP contribution in [0.2, 0.25) is 5.02 Å². The molecule has 3 rings (SSSR count). The summed E-state index contributed by atoms with van der Waals surface area (Å²) in [5.41, 5.74) is 8.60. The molecule has 0 unspecified atom stereocenters. The zero-order valence-electron chi connectivity index (χ0n) is 14.2. The summed E-state index contributed by atoms with van der Waals surface area (Å²) in [6.45, 7) is 1.44. The number of hydroxylamine groups is 1. The first kappa shape index (κ1) is 18.9. The van der Waals surface area contributed by atoms with E-state index in [9.17, 15) is 4.79 Å². The molecule has 0 bridgehead atoms. The van der Waals surface area contributed by atoms with Gasteiger partial charge < -0.3 is 20.7 Å². The van der Waals surface area contributed by atoms with Crippen LogP contribution in [0.25, 0.3) is 11.0 Å². The number of hydrogen-bond donors (Lipinski definition) is 4. The van der Waals surface area contributed by atoms with Crippen LogP contribution in [-0.2, 0) is 4.84 Å². The summed E-state index contributed by atoms with van der Waals surface area (Å²) in [7, 11) is 0. The van der Waals surface area contributed by atoms with Crippen molar-refractivity contribution in [3.63, 3.8) is 0 Å². The number of anilines is 3. The van der Waals surface area contributed by atoms with Crippen LogP contribution in [-0.4, -0.2) is 29.4 Å². The number of fused-ring (bicyclic) bond motifs is 1. The minimum Gasteiger partial charge on any atom is -0.394 e. The van der Waals surface area contributed by atoms with Gasteiger partial charge in [0.05, 0.1) is 40.6 Å². The summed E-state index contributed by atoms with van der Waals surface area (Å²) in [5.74, 6) is -1.68. The van der Waals surface area contributed by atoms with E-state index in [1.54, 1.807) is 18.2 Å². The Morgan fingerprint density at radius 2 is 2.22 bits per heavy atom. The van der Waals surface area contributed by atoms with Gasteiger partial charge in [0, 0.05) is 0 Å². The molecule has 10 heteroatoms. The first-order valence-electron chi connectivity index (χ1n) is 7.86. The number of benzene rings is 2. The zero-order valence-corrected chi connectivity index (χ0v) is 14.9. The lowest BCUT2D eigenvalue weighted by atomic mass is 10.1. The topological polar surface area (TPSA) is 123 Å². The van der Waals surface area contributed by atoms with Crippen molar-refractivity contribution in [1.29, 1.82) is 0 Å². The number of aromatic nitrogens is 1. The fourth-order valence-electron chi connectivity index (χ4n) is 2.43. The molecule has 0 spiro atoms. The first-order chi connectivity index (χ1) is 12.9. The average molecular weight is 395 g/mol. The molecule has 1 aromatic heterocycles. The smallest absolute Gasteiger partial charge is 0.277 e. The molecular formula is C17H16ClFN4O4. The van der Waals surface area contributed by atoms with E-state index in [4.69, 9.17) is 31.8 Å². The van der Waals surface area contributed by atoms with E-state index >= 15 is 4.39 Å². The van der Waals surface area contributed by atoms with Gasteiger partial charge in [-0.05, 0) is 30.7 Å². The van der Waals surface area contributed by atoms with Crippen LogP contribution < -0.4 is 16.5 Å². The Morgan fingerprint density at radius 1 is 1.44 bits per heavy atom. The third-order valence-electron chi connectivity index (χ3n) is 3.72. The number of hydrogen-bond acceptors (Lipinski definition) is 7. The van der Waals surface area contributed by atoms with Gasteiger partial charge in [-0.2, -0.15) is 0 Å². The van der Waals surface area contributed by atoms with Crippen molar-refractivity contribution < 1.29 is 23.7 Å². The number of nitrogen functional groups attached to an aromatic ring is 1. The third-order valence-corrected chi connectivity index (χ3v) is 4.03. The van der Waals surface area contributed by atoms with Gasteiger partial charge >= 0.3 is 0 Å². The van der Waals surface area contributed by atoms with Crippen molar-refractivity contribution in [1.82, 2.24) is 10.6 Å². The van der Waals surface area contributed by atoms with Gasteiger partial charge in [-0.1, -0.05) is 22.8 Å². The van der Waals surface area contributed by atoms with E-state index in [0.717, 1.165) is 5.56 Å². The highest BCUT2D eigenvalue weighted by Crippen LogP contribution is 2.35. The second-order valence-corrected chi connectivity index (χ2v) is 6.08. The summed E-state index contributed by atoms with van der Waals surface area (Å²) in [6.07, 6.45) is 0. The molecule has 27 heavy (non-hydrogen) atoms. The van der Waals surface area contributed by atoms with E-state index in [1.165, 1.54) is 6.07 Å². The van der Waals surface area contributed by atoms with Crippen LogP contribution in [0.1, 0.15) is 15.9 Å². The summed E-state index contributed by atoms with van der Waals surface area (Å²) in [6, 6.07) is 6.45. The quantitative estimate of drug-likeness (QED) is 0.374. The maximum Gasteiger partial charge on any atom is 0.277 e. The lowest BCUT2D eigenvalue weighted by Crippen LogP contribution is -2.26. The molecule has 0 fully saturated rings. The number of rotatable bonds is 6. The Kier molecular flexibility index (Phi) is 5.45. The molecule has 0 radical (unpaired) electrons. The van der Waals surface area contributed by atoms with Crippen LogP contribution >= 0.6 is 11.6 Å². The minimum atomic E-state index is -0.861. The number of nitrogens with one attached hydrogen (secondary N) is 2. The number of halogens is 2. The Hall–Kier alpha value is -2.88. The Bertz CT molecular complexity index is 1010. The Morgan fingerprint density at radius 3 is 2.93 bits per heavy atom. The van der Waals surface area contributed by atoms with Crippen molar-refractivity contribution in [3.8, 4) is 0 Å². The number of carbonyl (C=O) groups excluding carboxylic acids is 1. The largest absolute Gasteiger partial charge is 0.394 e. The zero-order chi connectivity index (χ0) is 19.6. The number of carbonyl (C=O) groups is 1. The van der Waals surface area contributed by atoms with E-state index in [-0.39, 0.29) is 41.3 Å². The molecule has 0 aliphatic carbocycles. The van der Waals surface area contributed by atoms with Crippen molar-refractivity contribution >= 4 is 45.7 Å². The average Bonchev–Trinajstić information content (AvgIpc) is 3.00. The maximum absolute atomic E-state index is 15.0. The lowest BCUT2D eigenvalue weighted by molar-refractivity contribution is 0.0169. The van der Waals surface area contributed by atoms with Crippen molar-refractivity contribution in [2.24, 2.45) is 0 Å². The highest BCUT2D eigenvalue weighted by atomic mass is 35.5. The van der Waals surface area contributed by atoms with Gasteiger partial charge in [-0.3, -0.25) is 9.63 Å². The highest BCUT2D eigenvalue weighted by Gasteiger charge is 2.24. The van der Waals surface area contributed by atoms with Crippen LogP contribution in [0.4, 0.5) is 21.6 Å². The van der Waals surface area contributed by atoms with Gasteiger partial charge in [0.25, 0.3) is 5.91 Å². The van der Waals surface area contributed by atoms with E-state index in [1.807, 2.05) is 6.92 Å². The maximum atomic E-state index is 15.0. The molecule has 0 atom stereocenters. The molecule has 0 aliphatic heterocycles. The summed E-state index contributed by atoms with van der Waals surface area (Å²) < 4.78 is 20.0. The fourth-order valence-corrected chi connectivity index (χ4v) is 2.71. The summed E-state index contributed by atoms with van der Waals surface area (Å²) in [5, 5.41) is 15.6. The monoisotopic (exact) mass is 394 g/mol. The fraction of sp³-hybridized carbons (Fsp3) is 0.176. The summed E-state index contributed by atoms with van der Waals surface area (Å²) in [4.78, 5) is 17.3. The molecule has 142 valence electrons. The minimum absolute atomic E-state index is 0.0610. The second-order valence-electron chi connectivity index (χ2n) is 5.67. The number of nitrogens with zero attached hydrogens (tertiary/aromatic N) is 1. The number of aryl methyl sites for hydroxylation is 1. The Balaban J connectivity index is 2.09. The van der Waals surface area contributed by atoms with E-state index in [2.05, 4.69) is 16.0 Å². The predicted molar refractivity (Wildman–Crippen MR) is 98.4 cm³/mol. The second kappa shape index (κ2) is 7.78. The summed E-state index contributed by atoms with van der Waals surface area (Å²) >= 11 is 6.19. The SMILES string of the molecule is Cc1ccc(Nc2c(C(=O)NOCCO)cc3c(N)noc3c2F)c(Cl)c1. The lowest BCUT2D eigenvalue weighted by Gasteiger charge is -2.14. The predicted octanol–water partition coefficient (Wildman–Crippen LogP) is 2.91.